The summed E-state index contributed by atoms with van der Waals surface area (Å²) in [5, 5.41) is 7.35. The summed E-state index contributed by atoms with van der Waals surface area (Å²) in [4.78, 5) is 16.7. The first-order valence-electron chi connectivity index (χ1n) is 7.68. The highest BCUT2D eigenvalue weighted by atomic mass is 16.1. The van der Waals surface area contributed by atoms with E-state index in [9.17, 15) is 4.79 Å². The van der Waals surface area contributed by atoms with Crippen LogP contribution in [0, 0.1) is 0 Å². The number of pyridine rings is 1. The maximum Gasteiger partial charge on any atom is 0.269 e. The topological polar surface area (TPSA) is 54.0 Å². The standard InChI is InChI=1S/C17H23N3O/c1-3-5-11-19-17(21)16-12-15(18-10-4-2)13-8-6-7-9-14(13)20-16/h6-9,12H,3-5,10-11H2,1-2H3,(H,18,20)(H,19,21). The van der Waals surface area contributed by atoms with Crippen molar-refractivity contribution in [2.75, 3.05) is 18.4 Å². The molecule has 1 amide bonds. The number of benzene rings is 1. The molecule has 0 radical (unpaired) electrons. The molecular weight excluding hydrogens is 262 g/mol. The minimum absolute atomic E-state index is 0.103. The van der Waals surface area contributed by atoms with Crippen molar-refractivity contribution in [2.45, 2.75) is 33.1 Å². The molecule has 2 rings (SSSR count). The molecule has 0 atom stereocenters. The van der Waals surface area contributed by atoms with Gasteiger partial charge in [0.1, 0.15) is 5.69 Å². The van der Waals surface area contributed by atoms with Crippen LogP contribution in [0.5, 0.6) is 0 Å². The van der Waals surface area contributed by atoms with Crippen LogP contribution < -0.4 is 10.6 Å². The van der Waals surface area contributed by atoms with Gasteiger partial charge in [-0.2, -0.15) is 0 Å². The third-order valence-corrected chi connectivity index (χ3v) is 3.33. The fourth-order valence-electron chi connectivity index (χ4n) is 2.17. The minimum Gasteiger partial charge on any atom is -0.384 e. The molecule has 2 N–H and O–H groups in total. The van der Waals surface area contributed by atoms with Gasteiger partial charge in [-0.1, -0.05) is 38.5 Å². The second-order valence-electron chi connectivity index (χ2n) is 5.11. The maximum absolute atomic E-state index is 12.2. The van der Waals surface area contributed by atoms with Crippen molar-refractivity contribution in [2.24, 2.45) is 0 Å². The Morgan fingerprint density at radius 2 is 1.95 bits per heavy atom. The summed E-state index contributed by atoms with van der Waals surface area (Å²) >= 11 is 0. The number of nitrogens with zero attached hydrogens (tertiary/aromatic N) is 1. The van der Waals surface area contributed by atoms with Crippen LogP contribution in [0.25, 0.3) is 10.9 Å². The van der Waals surface area contributed by atoms with E-state index in [-0.39, 0.29) is 5.91 Å². The number of nitrogens with one attached hydrogen (secondary N) is 2. The Morgan fingerprint density at radius 3 is 2.71 bits per heavy atom. The zero-order chi connectivity index (χ0) is 15.1. The zero-order valence-electron chi connectivity index (χ0n) is 12.8. The maximum atomic E-state index is 12.2. The molecule has 0 aliphatic heterocycles. The van der Waals surface area contributed by atoms with E-state index in [0.717, 1.165) is 42.4 Å². The van der Waals surface area contributed by atoms with Gasteiger partial charge in [0.25, 0.3) is 5.91 Å². The van der Waals surface area contributed by atoms with Crippen molar-refractivity contribution in [3.05, 3.63) is 36.0 Å². The summed E-state index contributed by atoms with van der Waals surface area (Å²) < 4.78 is 0. The molecule has 0 aliphatic rings. The number of unbranched alkanes of at least 4 members (excludes halogenated alkanes) is 1. The van der Waals surface area contributed by atoms with E-state index in [1.165, 1.54) is 0 Å². The Balaban J connectivity index is 2.29. The SMILES string of the molecule is CCCCNC(=O)c1cc(NCCC)c2ccccc2n1. The normalized spacial score (nSPS) is 10.6. The smallest absolute Gasteiger partial charge is 0.269 e. The van der Waals surface area contributed by atoms with Crippen LogP contribution in [0.15, 0.2) is 30.3 Å². The lowest BCUT2D eigenvalue weighted by atomic mass is 10.1. The predicted molar refractivity (Wildman–Crippen MR) is 87.8 cm³/mol. The van der Waals surface area contributed by atoms with Crippen molar-refractivity contribution in [3.8, 4) is 0 Å². The van der Waals surface area contributed by atoms with Gasteiger partial charge in [-0.3, -0.25) is 4.79 Å². The molecule has 4 heteroatoms. The van der Waals surface area contributed by atoms with E-state index in [4.69, 9.17) is 0 Å². The number of rotatable bonds is 7. The fraction of sp³-hybridized carbons (Fsp3) is 0.412. The molecule has 112 valence electrons. The van der Waals surface area contributed by atoms with Gasteiger partial charge in [-0.15, -0.1) is 0 Å². The summed E-state index contributed by atoms with van der Waals surface area (Å²) in [7, 11) is 0. The predicted octanol–water partition coefficient (Wildman–Crippen LogP) is 3.59. The van der Waals surface area contributed by atoms with Gasteiger partial charge in [-0.25, -0.2) is 4.98 Å². The van der Waals surface area contributed by atoms with Crippen molar-refractivity contribution >= 4 is 22.5 Å². The highest BCUT2D eigenvalue weighted by Crippen LogP contribution is 2.23. The molecular formula is C17H23N3O. The first kappa shape index (κ1) is 15.3. The van der Waals surface area contributed by atoms with Gasteiger partial charge in [0.15, 0.2) is 0 Å². The van der Waals surface area contributed by atoms with E-state index < -0.39 is 0 Å². The van der Waals surface area contributed by atoms with Gasteiger partial charge in [-0.05, 0) is 25.0 Å². The Morgan fingerprint density at radius 1 is 1.14 bits per heavy atom. The van der Waals surface area contributed by atoms with Gasteiger partial charge >= 0.3 is 0 Å². The molecule has 4 nitrogen and oxygen atoms in total. The third-order valence-electron chi connectivity index (χ3n) is 3.33. The lowest BCUT2D eigenvalue weighted by Gasteiger charge is -2.11. The molecule has 21 heavy (non-hydrogen) atoms. The molecule has 0 spiro atoms. The van der Waals surface area contributed by atoms with Crippen LogP contribution in [0.1, 0.15) is 43.6 Å². The zero-order valence-corrected chi connectivity index (χ0v) is 12.8. The van der Waals surface area contributed by atoms with E-state index in [2.05, 4.69) is 29.5 Å². The van der Waals surface area contributed by atoms with Gasteiger partial charge < -0.3 is 10.6 Å². The monoisotopic (exact) mass is 285 g/mol. The Kier molecular flexibility index (Phi) is 5.55. The van der Waals surface area contributed by atoms with Gasteiger partial charge in [0, 0.05) is 24.2 Å². The summed E-state index contributed by atoms with van der Waals surface area (Å²) in [5.74, 6) is -0.103. The second kappa shape index (κ2) is 7.62. The van der Waals surface area contributed by atoms with E-state index in [0.29, 0.717) is 12.2 Å². The molecule has 2 aromatic rings. The summed E-state index contributed by atoms with van der Waals surface area (Å²) in [6.07, 6.45) is 3.09. The number of hydrogen-bond donors (Lipinski definition) is 2. The average molecular weight is 285 g/mol. The number of hydrogen-bond acceptors (Lipinski definition) is 3. The number of anilines is 1. The molecule has 1 heterocycles. The summed E-state index contributed by atoms with van der Waals surface area (Å²) in [6.45, 7) is 5.80. The molecule has 1 aromatic carbocycles. The van der Waals surface area contributed by atoms with Gasteiger partial charge in [0.05, 0.1) is 5.52 Å². The van der Waals surface area contributed by atoms with Crippen molar-refractivity contribution in [3.63, 3.8) is 0 Å². The average Bonchev–Trinajstić information content (AvgIpc) is 2.52. The Bertz CT molecular complexity index is 610. The van der Waals surface area contributed by atoms with Crippen LogP contribution in [0.2, 0.25) is 0 Å². The number of aromatic nitrogens is 1. The number of carbonyl (C=O) groups excluding carboxylic acids is 1. The molecule has 0 aliphatic carbocycles. The Labute approximate surface area is 126 Å². The van der Waals surface area contributed by atoms with E-state index >= 15 is 0 Å². The molecule has 0 fully saturated rings. The molecule has 0 saturated carbocycles. The van der Waals surface area contributed by atoms with E-state index in [1.54, 1.807) is 0 Å². The lowest BCUT2D eigenvalue weighted by molar-refractivity contribution is 0.0948. The van der Waals surface area contributed by atoms with Crippen LogP contribution in [-0.2, 0) is 0 Å². The first-order valence-corrected chi connectivity index (χ1v) is 7.68. The summed E-state index contributed by atoms with van der Waals surface area (Å²) in [6, 6.07) is 9.74. The van der Waals surface area contributed by atoms with Crippen molar-refractivity contribution < 1.29 is 4.79 Å². The minimum atomic E-state index is -0.103. The Hall–Kier alpha value is -2.10. The van der Waals surface area contributed by atoms with Crippen LogP contribution in [0.3, 0.4) is 0 Å². The number of amides is 1. The van der Waals surface area contributed by atoms with Crippen molar-refractivity contribution in [1.82, 2.24) is 10.3 Å². The lowest BCUT2D eigenvalue weighted by Crippen LogP contribution is -2.25. The quantitative estimate of drug-likeness (QED) is 0.764. The number of para-hydroxylation sites is 1. The highest BCUT2D eigenvalue weighted by Gasteiger charge is 2.11. The molecule has 0 bridgehead atoms. The fourth-order valence-corrected chi connectivity index (χ4v) is 2.17. The second-order valence-corrected chi connectivity index (χ2v) is 5.11. The van der Waals surface area contributed by atoms with Gasteiger partial charge in [0.2, 0.25) is 0 Å². The molecule has 1 aromatic heterocycles. The molecule has 0 saturated heterocycles. The van der Waals surface area contributed by atoms with E-state index in [1.807, 2.05) is 30.3 Å². The van der Waals surface area contributed by atoms with Crippen LogP contribution in [-0.4, -0.2) is 24.0 Å². The summed E-state index contributed by atoms with van der Waals surface area (Å²) in [5.41, 5.74) is 2.30. The largest absolute Gasteiger partial charge is 0.384 e. The number of carbonyl (C=O) groups is 1. The highest BCUT2D eigenvalue weighted by molar-refractivity contribution is 5.99. The van der Waals surface area contributed by atoms with Crippen LogP contribution in [0.4, 0.5) is 5.69 Å². The first-order chi connectivity index (χ1) is 10.3. The third kappa shape index (κ3) is 3.94. The number of fused-ring (bicyclic) bond motifs is 1. The van der Waals surface area contributed by atoms with Crippen LogP contribution >= 0.6 is 0 Å². The van der Waals surface area contributed by atoms with Crippen molar-refractivity contribution in [1.29, 1.82) is 0 Å². The molecule has 0 unspecified atom stereocenters.